The molecule has 2 aromatic rings. The quantitative estimate of drug-likeness (QED) is 0.844. The predicted octanol–water partition coefficient (Wildman–Crippen LogP) is 3.57. The van der Waals surface area contributed by atoms with Crippen LogP contribution >= 0.6 is 33.9 Å². The minimum absolute atomic E-state index is 0.0909. The molecule has 5 nitrogen and oxygen atoms in total. The summed E-state index contributed by atoms with van der Waals surface area (Å²) in [7, 11) is 1.28. The Morgan fingerprint density at radius 3 is 2.38 bits per heavy atom. The molecule has 1 aromatic heterocycles. The van der Waals surface area contributed by atoms with Crippen LogP contribution < -0.4 is 5.32 Å². The Balaban J connectivity index is 2.22. The minimum atomic E-state index is -3.94. The molecular formula is C12H7Cl3N2O3S. The summed E-state index contributed by atoms with van der Waals surface area (Å²) in [5.41, 5.74) is 0.468. The summed E-state index contributed by atoms with van der Waals surface area (Å²) in [5.74, 6) is -0.482. The minimum Gasteiger partial charge on any atom is -0.321 e. The molecule has 110 valence electrons. The number of hydrogen-bond donors (Lipinski definition) is 1. The number of aromatic nitrogens is 1. The van der Waals surface area contributed by atoms with Crippen LogP contribution in [0.15, 0.2) is 41.4 Å². The molecule has 1 aromatic carbocycles. The van der Waals surface area contributed by atoms with E-state index in [0.717, 1.165) is 0 Å². The first-order valence-corrected chi connectivity index (χ1v) is 8.51. The number of hydrogen-bond acceptors (Lipinski definition) is 4. The van der Waals surface area contributed by atoms with Crippen molar-refractivity contribution in [3.63, 3.8) is 0 Å². The van der Waals surface area contributed by atoms with Gasteiger partial charge >= 0.3 is 0 Å². The van der Waals surface area contributed by atoms with Gasteiger partial charge < -0.3 is 5.32 Å². The van der Waals surface area contributed by atoms with Crippen LogP contribution in [0.2, 0.25) is 10.0 Å². The molecule has 0 unspecified atom stereocenters. The second-order valence-corrected chi connectivity index (χ2v) is 7.28. The Labute approximate surface area is 135 Å². The van der Waals surface area contributed by atoms with E-state index in [-0.39, 0.29) is 15.6 Å². The van der Waals surface area contributed by atoms with E-state index in [0.29, 0.717) is 10.7 Å². The molecule has 1 heterocycles. The molecule has 0 fully saturated rings. The first kappa shape index (κ1) is 16.0. The van der Waals surface area contributed by atoms with Crippen molar-refractivity contribution in [2.75, 3.05) is 5.32 Å². The normalized spacial score (nSPS) is 11.2. The molecule has 1 N–H and O–H groups in total. The Bertz CT molecular complexity index is 792. The highest BCUT2D eigenvalue weighted by Crippen LogP contribution is 2.27. The van der Waals surface area contributed by atoms with Crippen LogP contribution in [0.4, 0.5) is 5.69 Å². The van der Waals surface area contributed by atoms with Crippen LogP contribution in [0.3, 0.4) is 0 Å². The van der Waals surface area contributed by atoms with Gasteiger partial charge in [-0.15, -0.1) is 0 Å². The Kier molecular flexibility index (Phi) is 4.73. The highest BCUT2D eigenvalue weighted by atomic mass is 35.7. The number of amides is 1. The van der Waals surface area contributed by atoms with Gasteiger partial charge in [-0.05, 0) is 30.3 Å². The number of benzene rings is 1. The van der Waals surface area contributed by atoms with E-state index in [2.05, 4.69) is 10.3 Å². The van der Waals surface area contributed by atoms with E-state index in [4.69, 9.17) is 33.9 Å². The van der Waals surface area contributed by atoms with Gasteiger partial charge in [0, 0.05) is 22.6 Å². The van der Waals surface area contributed by atoms with Gasteiger partial charge in [-0.1, -0.05) is 23.2 Å². The van der Waals surface area contributed by atoms with E-state index in [1.165, 1.54) is 36.5 Å². The second kappa shape index (κ2) is 6.19. The molecule has 0 aliphatic carbocycles. The van der Waals surface area contributed by atoms with Gasteiger partial charge in [0.25, 0.3) is 15.0 Å². The highest BCUT2D eigenvalue weighted by Gasteiger charge is 2.16. The van der Waals surface area contributed by atoms with Gasteiger partial charge in [0.2, 0.25) is 0 Å². The fourth-order valence-electron chi connectivity index (χ4n) is 1.48. The SMILES string of the molecule is O=C(Nc1ccc(S(=O)(=O)Cl)c(Cl)c1)c1ccc(Cl)cn1. The zero-order valence-electron chi connectivity index (χ0n) is 10.2. The molecule has 0 spiro atoms. The summed E-state index contributed by atoms with van der Waals surface area (Å²) in [6.45, 7) is 0. The smallest absolute Gasteiger partial charge is 0.274 e. The van der Waals surface area contributed by atoms with Gasteiger partial charge in [0.05, 0.1) is 10.0 Å². The van der Waals surface area contributed by atoms with Crippen LogP contribution in [0.25, 0.3) is 0 Å². The molecule has 0 radical (unpaired) electrons. The third-order valence-electron chi connectivity index (χ3n) is 2.41. The maximum absolute atomic E-state index is 11.9. The fraction of sp³-hybridized carbons (Fsp3) is 0. The van der Waals surface area contributed by atoms with E-state index >= 15 is 0 Å². The zero-order valence-corrected chi connectivity index (χ0v) is 13.3. The Morgan fingerprint density at radius 2 is 1.86 bits per heavy atom. The number of anilines is 1. The van der Waals surface area contributed by atoms with Crippen LogP contribution in [0.1, 0.15) is 10.5 Å². The summed E-state index contributed by atoms with van der Waals surface area (Å²) >= 11 is 11.5. The number of nitrogens with one attached hydrogen (secondary N) is 1. The maximum atomic E-state index is 11.9. The number of carbonyl (C=O) groups is 1. The second-order valence-electron chi connectivity index (χ2n) is 3.90. The average Bonchev–Trinajstić information content (AvgIpc) is 2.37. The van der Waals surface area contributed by atoms with Crippen LogP contribution in [0, 0.1) is 0 Å². The van der Waals surface area contributed by atoms with Gasteiger partial charge in [0.1, 0.15) is 10.6 Å². The Hall–Kier alpha value is -1.34. The zero-order chi connectivity index (χ0) is 15.6. The highest BCUT2D eigenvalue weighted by molar-refractivity contribution is 8.13. The van der Waals surface area contributed by atoms with Gasteiger partial charge in [-0.2, -0.15) is 0 Å². The molecule has 9 heteroatoms. The molecule has 0 saturated carbocycles. The van der Waals surface area contributed by atoms with Gasteiger partial charge in [0.15, 0.2) is 0 Å². The van der Waals surface area contributed by atoms with Crippen LogP contribution in [0.5, 0.6) is 0 Å². The topological polar surface area (TPSA) is 76.1 Å². The predicted molar refractivity (Wildman–Crippen MR) is 81.7 cm³/mol. The van der Waals surface area contributed by atoms with E-state index < -0.39 is 15.0 Å². The van der Waals surface area contributed by atoms with E-state index in [9.17, 15) is 13.2 Å². The van der Waals surface area contributed by atoms with Crippen molar-refractivity contribution >= 4 is 54.5 Å². The molecular weight excluding hydrogens is 359 g/mol. The molecule has 1 amide bonds. The van der Waals surface area contributed by atoms with Crippen molar-refractivity contribution in [1.29, 1.82) is 0 Å². The van der Waals surface area contributed by atoms with E-state index in [1.807, 2.05) is 0 Å². The molecule has 0 atom stereocenters. The molecule has 2 rings (SSSR count). The van der Waals surface area contributed by atoms with Crippen molar-refractivity contribution in [2.45, 2.75) is 4.90 Å². The third kappa shape index (κ3) is 4.07. The molecule has 0 saturated heterocycles. The first-order chi connectivity index (χ1) is 9.77. The number of nitrogens with zero attached hydrogens (tertiary/aromatic N) is 1. The van der Waals surface area contributed by atoms with Gasteiger partial charge in [-0.3, -0.25) is 4.79 Å². The van der Waals surface area contributed by atoms with Crippen molar-refractivity contribution in [3.05, 3.63) is 52.3 Å². The van der Waals surface area contributed by atoms with Crippen molar-refractivity contribution < 1.29 is 13.2 Å². The summed E-state index contributed by atoms with van der Waals surface area (Å²) in [6, 6.07) is 6.84. The van der Waals surface area contributed by atoms with Crippen LogP contribution in [-0.4, -0.2) is 19.3 Å². The summed E-state index contributed by atoms with van der Waals surface area (Å²) < 4.78 is 22.4. The molecule has 0 bridgehead atoms. The lowest BCUT2D eigenvalue weighted by molar-refractivity contribution is 0.102. The van der Waals surface area contributed by atoms with Crippen LogP contribution in [-0.2, 0) is 9.05 Å². The lowest BCUT2D eigenvalue weighted by Gasteiger charge is -2.07. The number of halogens is 3. The summed E-state index contributed by atoms with van der Waals surface area (Å²) in [5, 5.41) is 2.85. The largest absolute Gasteiger partial charge is 0.321 e. The molecule has 0 aliphatic heterocycles. The molecule has 21 heavy (non-hydrogen) atoms. The monoisotopic (exact) mass is 364 g/mol. The number of rotatable bonds is 3. The lowest BCUT2D eigenvalue weighted by atomic mass is 10.3. The third-order valence-corrected chi connectivity index (χ3v) is 4.44. The standard InChI is InChI=1S/C12H7Cl3N2O3S/c13-7-1-3-10(16-6-7)12(18)17-8-2-4-11(9(14)5-8)21(15,19)20/h1-6H,(H,17,18). The molecule has 0 aliphatic rings. The Morgan fingerprint density at radius 1 is 1.14 bits per heavy atom. The van der Waals surface area contributed by atoms with Gasteiger partial charge in [-0.25, -0.2) is 13.4 Å². The maximum Gasteiger partial charge on any atom is 0.274 e. The average molecular weight is 366 g/mol. The summed E-state index contributed by atoms with van der Waals surface area (Å²) in [4.78, 5) is 15.5. The van der Waals surface area contributed by atoms with Crippen molar-refractivity contribution in [1.82, 2.24) is 4.98 Å². The summed E-state index contributed by atoms with van der Waals surface area (Å²) in [6.07, 6.45) is 1.34. The number of carbonyl (C=O) groups excluding carboxylic acids is 1. The number of pyridine rings is 1. The van der Waals surface area contributed by atoms with E-state index in [1.54, 1.807) is 0 Å². The fourth-order valence-corrected chi connectivity index (χ4v) is 3.12. The van der Waals surface area contributed by atoms with Crippen molar-refractivity contribution in [2.24, 2.45) is 0 Å². The lowest BCUT2D eigenvalue weighted by Crippen LogP contribution is -2.13. The first-order valence-electron chi connectivity index (χ1n) is 5.44. The van der Waals surface area contributed by atoms with Crippen molar-refractivity contribution in [3.8, 4) is 0 Å².